The fourth-order valence-electron chi connectivity index (χ4n) is 2.68. The lowest BCUT2D eigenvalue weighted by molar-refractivity contribution is 1.57. The Morgan fingerprint density at radius 3 is 2.05 bits per heavy atom. The van der Waals surface area contributed by atoms with Crippen LogP contribution in [0.1, 0.15) is 0 Å². The standard InChI is InChI=1S/C18H13N3S/c19-16-9-5-4-8-14(16)15-11-10-13(12-6-2-1-3-7-12)17-18(15)21-22-20-17/h1-11H,19H2. The highest BCUT2D eigenvalue weighted by molar-refractivity contribution is 7.00. The fourth-order valence-corrected chi connectivity index (χ4v) is 3.25. The van der Waals surface area contributed by atoms with Crippen molar-refractivity contribution in [1.82, 2.24) is 8.75 Å². The first-order valence-corrected chi connectivity index (χ1v) is 7.73. The molecule has 0 saturated heterocycles. The molecule has 4 heteroatoms. The molecule has 0 saturated carbocycles. The topological polar surface area (TPSA) is 51.8 Å². The van der Waals surface area contributed by atoms with Crippen molar-refractivity contribution in [2.24, 2.45) is 0 Å². The summed E-state index contributed by atoms with van der Waals surface area (Å²) in [5, 5.41) is 0. The van der Waals surface area contributed by atoms with Crippen molar-refractivity contribution in [1.29, 1.82) is 0 Å². The molecule has 106 valence electrons. The monoisotopic (exact) mass is 303 g/mol. The molecule has 1 aromatic heterocycles. The molecule has 0 unspecified atom stereocenters. The largest absolute Gasteiger partial charge is 0.398 e. The summed E-state index contributed by atoms with van der Waals surface area (Å²) in [6, 6.07) is 22.3. The Hall–Kier alpha value is -2.72. The van der Waals surface area contributed by atoms with Crippen LogP contribution < -0.4 is 5.73 Å². The average molecular weight is 303 g/mol. The van der Waals surface area contributed by atoms with Crippen molar-refractivity contribution in [3.05, 3.63) is 66.7 Å². The first kappa shape index (κ1) is 13.0. The van der Waals surface area contributed by atoms with Gasteiger partial charge in [-0.15, -0.1) is 0 Å². The van der Waals surface area contributed by atoms with E-state index >= 15 is 0 Å². The molecular formula is C18H13N3S. The molecule has 0 spiro atoms. The van der Waals surface area contributed by atoms with Gasteiger partial charge in [-0.25, -0.2) is 0 Å². The fraction of sp³-hybridized carbons (Fsp3) is 0. The van der Waals surface area contributed by atoms with E-state index in [4.69, 9.17) is 5.73 Å². The van der Waals surface area contributed by atoms with Gasteiger partial charge in [0.15, 0.2) is 0 Å². The highest BCUT2D eigenvalue weighted by Gasteiger charge is 2.14. The van der Waals surface area contributed by atoms with Gasteiger partial charge < -0.3 is 5.73 Å². The Morgan fingerprint density at radius 1 is 0.636 bits per heavy atom. The van der Waals surface area contributed by atoms with Gasteiger partial charge >= 0.3 is 0 Å². The first-order valence-electron chi connectivity index (χ1n) is 7.00. The number of para-hydroxylation sites is 1. The zero-order chi connectivity index (χ0) is 14.9. The third kappa shape index (κ3) is 2.05. The van der Waals surface area contributed by atoms with E-state index in [-0.39, 0.29) is 0 Å². The van der Waals surface area contributed by atoms with E-state index in [1.165, 1.54) is 11.7 Å². The minimum Gasteiger partial charge on any atom is -0.398 e. The van der Waals surface area contributed by atoms with Crippen molar-refractivity contribution in [2.75, 3.05) is 5.73 Å². The molecule has 0 atom stereocenters. The maximum atomic E-state index is 6.12. The molecule has 0 amide bonds. The average Bonchev–Trinajstić information content (AvgIpc) is 3.05. The van der Waals surface area contributed by atoms with E-state index in [9.17, 15) is 0 Å². The van der Waals surface area contributed by atoms with Gasteiger partial charge in [-0.05, 0) is 11.6 Å². The number of aromatic nitrogens is 2. The normalized spacial score (nSPS) is 10.9. The summed E-state index contributed by atoms with van der Waals surface area (Å²) in [6.07, 6.45) is 0. The van der Waals surface area contributed by atoms with E-state index in [2.05, 4.69) is 33.0 Å². The molecule has 0 aliphatic heterocycles. The minimum absolute atomic E-state index is 0.754. The maximum absolute atomic E-state index is 6.12. The lowest BCUT2D eigenvalue weighted by Crippen LogP contribution is -1.91. The number of benzene rings is 3. The van der Waals surface area contributed by atoms with Crippen molar-refractivity contribution >= 4 is 28.4 Å². The lowest BCUT2D eigenvalue weighted by atomic mass is 9.97. The van der Waals surface area contributed by atoms with Crippen LogP contribution in [0.2, 0.25) is 0 Å². The van der Waals surface area contributed by atoms with E-state index in [0.29, 0.717) is 0 Å². The van der Waals surface area contributed by atoms with E-state index in [1.807, 2.05) is 42.5 Å². The third-order valence-corrected chi connectivity index (χ3v) is 4.28. The van der Waals surface area contributed by atoms with Gasteiger partial charge in [0.25, 0.3) is 0 Å². The van der Waals surface area contributed by atoms with Gasteiger partial charge in [0.05, 0.1) is 11.7 Å². The summed E-state index contributed by atoms with van der Waals surface area (Å²) in [6.45, 7) is 0. The van der Waals surface area contributed by atoms with Crippen LogP contribution in [0.25, 0.3) is 33.3 Å². The molecule has 0 bridgehead atoms. The van der Waals surface area contributed by atoms with E-state index in [0.717, 1.165) is 39.0 Å². The van der Waals surface area contributed by atoms with Gasteiger partial charge in [-0.2, -0.15) is 8.75 Å². The highest BCUT2D eigenvalue weighted by Crippen LogP contribution is 2.36. The van der Waals surface area contributed by atoms with Crippen LogP contribution in [0.15, 0.2) is 66.7 Å². The third-order valence-electron chi connectivity index (χ3n) is 3.75. The second-order valence-electron chi connectivity index (χ2n) is 5.08. The number of hydrogen-bond donors (Lipinski definition) is 1. The Kier molecular flexibility index (Phi) is 3.09. The van der Waals surface area contributed by atoms with Gasteiger partial charge in [-0.1, -0.05) is 60.7 Å². The summed E-state index contributed by atoms with van der Waals surface area (Å²) in [5.74, 6) is 0. The molecule has 22 heavy (non-hydrogen) atoms. The van der Waals surface area contributed by atoms with Crippen molar-refractivity contribution in [2.45, 2.75) is 0 Å². The van der Waals surface area contributed by atoms with Crippen LogP contribution in [0, 0.1) is 0 Å². The van der Waals surface area contributed by atoms with E-state index in [1.54, 1.807) is 0 Å². The van der Waals surface area contributed by atoms with Crippen LogP contribution in [-0.4, -0.2) is 8.75 Å². The number of fused-ring (bicyclic) bond motifs is 1. The van der Waals surface area contributed by atoms with Crippen LogP contribution in [0.5, 0.6) is 0 Å². The van der Waals surface area contributed by atoms with Crippen LogP contribution in [0.3, 0.4) is 0 Å². The quantitative estimate of drug-likeness (QED) is 0.550. The van der Waals surface area contributed by atoms with E-state index < -0.39 is 0 Å². The molecule has 1 heterocycles. The maximum Gasteiger partial charge on any atom is 0.113 e. The molecule has 2 N–H and O–H groups in total. The number of rotatable bonds is 2. The first-order chi connectivity index (χ1) is 10.8. The van der Waals surface area contributed by atoms with Crippen molar-refractivity contribution in [3.8, 4) is 22.3 Å². The Morgan fingerprint density at radius 2 is 1.27 bits per heavy atom. The molecular weight excluding hydrogens is 290 g/mol. The van der Waals surface area contributed by atoms with Gasteiger partial charge in [-0.3, -0.25) is 0 Å². The SMILES string of the molecule is Nc1ccccc1-c1ccc(-c2ccccc2)c2nsnc12. The molecule has 0 fully saturated rings. The summed E-state index contributed by atoms with van der Waals surface area (Å²) >= 11 is 1.24. The number of nitrogens with two attached hydrogens (primary N) is 1. The molecule has 4 rings (SSSR count). The molecule has 3 aromatic carbocycles. The summed E-state index contributed by atoms with van der Waals surface area (Å²) < 4.78 is 9.00. The zero-order valence-electron chi connectivity index (χ0n) is 11.7. The van der Waals surface area contributed by atoms with Crippen LogP contribution >= 0.6 is 11.7 Å². The number of nitrogens with zero attached hydrogens (tertiary/aromatic N) is 2. The summed E-state index contributed by atoms with van der Waals surface area (Å²) in [7, 11) is 0. The Bertz CT molecular complexity index is 945. The number of anilines is 1. The van der Waals surface area contributed by atoms with Crippen molar-refractivity contribution < 1.29 is 0 Å². The van der Waals surface area contributed by atoms with Gasteiger partial charge in [0.1, 0.15) is 11.0 Å². The number of hydrogen-bond acceptors (Lipinski definition) is 4. The molecule has 4 aromatic rings. The molecule has 0 aliphatic rings. The summed E-state index contributed by atoms with van der Waals surface area (Å²) in [4.78, 5) is 0. The van der Waals surface area contributed by atoms with Crippen molar-refractivity contribution in [3.63, 3.8) is 0 Å². The van der Waals surface area contributed by atoms with Gasteiger partial charge in [0, 0.05) is 22.4 Å². The zero-order valence-corrected chi connectivity index (χ0v) is 12.5. The predicted molar refractivity (Wildman–Crippen MR) is 92.7 cm³/mol. The lowest BCUT2D eigenvalue weighted by Gasteiger charge is -2.08. The minimum atomic E-state index is 0.754. The Balaban J connectivity index is 1.98. The smallest absolute Gasteiger partial charge is 0.113 e. The predicted octanol–water partition coefficient (Wildman–Crippen LogP) is 4.61. The highest BCUT2D eigenvalue weighted by atomic mass is 32.1. The second-order valence-corrected chi connectivity index (χ2v) is 5.60. The van der Waals surface area contributed by atoms with Crippen LogP contribution in [-0.2, 0) is 0 Å². The Labute approximate surface area is 132 Å². The second kappa shape index (κ2) is 5.24. The molecule has 0 aliphatic carbocycles. The molecule has 3 nitrogen and oxygen atoms in total. The number of nitrogen functional groups attached to an aromatic ring is 1. The summed E-state index contributed by atoms with van der Waals surface area (Å²) in [5.41, 5.74) is 13.0. The van der Waals surface area contributed by atoms with Gasteiger partial charge in [0.2, 0.25) is 0 Å². The molecule has 0 radical (unpaired) electrons. The van der Waals surface area contributed by atoms with Crippen LogP contribution in [0.4, 0.5) is 5.69 Å².